The molecule has 21 heavy (non-hydrogen) atoms. The summed E-state index contributed by atoms with van der Waals surface area (Å²) in [4.78, 5) is 0.124. The van der Waals surface area contributed by atoms with Crippen molar-refractivity contribution in [2.45, 2.75) is 31.7 Å². The van der Waals surface area contributed by atoms with Crippen molar-refractivity contribution < 1.29 is 12.8 Å². The Balaban J connectivity index is 2.93. The normalized spacial score (nSPS) is 11.8. The summed E-state index contributed by atoms with van der Waals surface area (Å²) in [5, 5.41) is 3.01. The fourth-order valence-corrected chi connectivity index (χ4v) is 3.50. The van der Waals surface area contributed by atoms with Crippen molar-refractivity contribution in [3.63, 3.8) is 0 Å². The molecule has 0 spiro atoms. The zero-order chi connectivity index (χ0) is 15.9. The molecule has 2 N–H and O–H groups in total. The number of hydrogen-bond donors (Lipinski definition) is 2. The van der Waals surface area contributed by atoms with Gasteiger partial charge < -0.3 is 5.32 Å². The third-order valence-corrected chi connectivity index (χ3v) is 5.13. The standard InChI is InChI=1S/C14H23FN2O2S2/c1-4-16-10-12-9-13(8-11(2)14(12)15)21(18,19)17-6-5-7-20-3/h8-9,16-17H,4-7,10H2,1-3H3. The van der Waals surface area contributed by atoms with Crippen LogP contribution < -0.4 is 10.0 Å². The lowest BCUT2D eigenvalue weighted by molar-refractivity contribution is 0.572. The highest BCUT2D eigenvalue weighted by molar-refractivity contribution is 7.98. The molecule has 0 atom stereocenters. The zero-order valence-corrected chi connectivity index (χ0v) is 14.3. The quantitative estimate of drug-likeness (QED) is 0.680. The summed E-state index contributed by atoms with van der Waals surface area (Å²) in [6, 6.07) is 2.78. The van der Waals surface area contributed by atoms with Crippen LogP contribution >= 0.6 is 11.8 Å². The van der Waals surface area contributed by atoms with Crippen molar-refractivity contribution in [1.82, 2.24) is 10.0 Å². The molecule has 0 aromatic heterocycles. The molecule has 1 aromatic rings. The van der Waals surface area contributed by atoms with Gasteiger partial charge in [-0.1, -0.05) is 6.92 Å². The van der Waals surface area contributed by atoms with Crippen molar-refractivity contribution in [3.05, 3.63) is 29.1 Å². The highest BCUT2D eigenvalue weighted by atomic mass is 32.2. The minimum Gasteiger partial charge on any atom is -0.313 e. The third-order valence-electron chi connectivity index (χ3n) is 3.00. The van der Waals surface area contributed by atoms with Crippen LogP contribution in [0.15, 0.2) is 17.0 Å². The molecule has 0 unspecified atom stereocenters. The highest BCUT2D eigenvalue weighted by Gasteiger charge is 2.17. The maximum atomic E-state index is 14.0. The fourth-order valence-electron chi connectivity index (χ4n) is 1.86. The molecule has 0 saturated carbocycles. The molecule has 120 valence electrons. The minimum atomic E-state index is -3.58. The summed E-state index contributed by atoms with van der Waals surface area (Å²) in [7, 11) is -3.58. The van der Waals surface area contributed by atoms with Gasteiger partial charge in [-0.05, 0) is 49.6 Å². The Bertz CT molecular complexity index is 562. The van der Waals surface area contributed by atoms with E-state index in [1.54, 1.807) is 18.7 Å². The van der Waals surface area contributed by atoms with Gasteiger partial charge in [0, 0.05) is 18.7 Å². The van der Waals surface area contributed by atoms with Crippen molar-refractivity contribution in [2.75, 3.05) is 25.1 Å². The van der Waals surface area contributed by atoms with Crippen LogP contribution in [0.1, 0.15) is 24.5 Å². The van der Waals surface area contributed by atoms with Crippen molar-refractivity contribution in [3.8, 4) is 0 Å². The van der Waals surface area contributed by atoms with E-state index in [-0.39, 0.29) is 10.7 Å². The Morgan fingerprint density at radius 1 is 1.33 bits per heavy atom. The molecular weight excluding hydrogens is 311 g/mol. The van der Waals surface area contributed by atoms with Gasteiger partial charge in [0.25, 0.3) is 0 Å². The van der Waals surface area contributed by atoms with Crippen LogP contribution in [0, 0.1) is 12.7 Å². The molecular formula is C14H23FN2O2S2. The van der Waals surface area contributed by atoms with E-state index < -0.39 is 10.0 Å². The van der Waals surface area contributed by atoms with E-state index in [4.69, 9.17) is 0 Å². The minimum absolute atomic E-state index is 0.124. The van der Waals surface area contributed by atoms with Crippen LogP contribution in [-0.2, 0) is 16.6 Å². The van der Waals surface area contributed by atoms with E-state index in [1.165, 1.54) is 12.1 Å². The number of nitrogens with one attached hydrogen (secondary N) is 2. The second-order valence-electron chi connectivity index (χ2n) is 4.74. The Labute approximate surface area is 131 Å². The fraction of sp³-hybridized carbons (Fsp3) is 0.571. The average molecular weight is 334 g/mol. The molecule has 0 heterocycles. The summed E-state index contributed by atoms with van der Waals surface area (Å²) >= 11 is 1.67. The lowest BCUT2D eigenvalue weighted by atomic mass is 10.1. The second kappa shape index (κ2) is 8.73. The van der Waals surface area contributed by atoms with Crippen LogP contribution in [0.4, 0.5) is 4.39 Å². The first-order chi connectivity index (χ1) is 9.92. The van der Waals surface area contributed by atoms with Gasteiger partial charge in [-0.15, -0.1) is 0 Å². The molecule has 0 radical (unpaired) electrons. The predicted octanol–water partition coefficient (Wildman–Crippen LogP) is 2.28. The van der Waals surface area contributed by atoms with Crippen LogP contribution in [-0.4, -0.2) is 33.5 Å². The zero-order valence-electron chi connectivity index (χ0n) is 12.7. The summed E-state index contributed by atoms with van der Waals surface area (Å²) in [6.07, 6.45) is 2.75. The number of hydrogen-bond acceptors (Lipinski definition) is 4. The number of thioether (sulfide) groups is 1. The van der Waals surface area contributed by atoms with Crippen LogP contribution in [0.3, 0.4) is 0 Å². The van der Waals surface area contributed by atoms with Gasteiger partial charge in [0.05, 0.1) is 4.90 Å². The number of sulfonamides is 1. The molecule has 4 nitrogen and oxygen atoms in total. The summed E-state index contributed by atoms with van der Waals surface area (Å²) < 4.78 is 41.0. The van der Waals surface area contributed by atoms with E-state index in [9.17, 15) is 12.8 Å². The lowest BCUT2D eigenvalue weighted by Crippen LogP contribution is -2.26. The van der Waals surface area contributed by atoms with E-state index in [0.717, 1.165) is 12.2 Å². The monoisotopic (exact) mass is 334 g/mol. The van der Waals surface area contributed by atoms with E-state index in [2.05, 4.69) is 10.0 Å². The van der Waals surface area contributed by atoms with Gasteiger partial charge in [0.1, 0.15) is 5.82 Å². The summed E-state index contributed by atoms with van der Waals surface area (Å²) in [5.41, 5.74) is 0.719. The average Bonchev–Trinajstić information content (AvgIpc) is 2.45. The maximum absolute atomic E-state index is 14.0. The Morgan fingerprint density at radius 3 is 2.67 bits per heavy atom. The first-order valence-electron chi connectivity index (χ1n) is 6.90. The molecule has 0 bridgehead atoms. The largest absolute Gasteiger partial charge is 0.313 e. The van der Waals surface area contributed by atoms with E-state index in [0.29, 0.717) is 30.8 Å². The lowest BCUT2D eigenvalue weighted by Gasteiger charge is -2.11. The number of benzene rings is 1. The van der Waals surface area contributed by atoms with Gasteiger partial charge in [0.15, 0.2) is 0 Å². The van der Waals surface area contributed by atoms with Crippen LogP contribution in [0.5, 0.6) is 0 Å². The van der Waals surface area contributed by atoms with Crippen molar-refractivity contribution in [2.24, 2.45) is 0 Å². The van der Waals surface area contributed by atoms with Gasteiger partial charge in [-0.2, -0.15) is 11.8 Å². The summed E-state index contributed by atoms with van der Waals surface area (Å²) in [5.74, 6) is 0.550. The first-order valence-corrected chi connectivity index (χ1v) is 9.78. The van der Waals surface area contributed by atoms with Gasteiger partial charge in [-0.3, -0.25) is 0 Å². The number of halogens is 1. The topological polar surface area (TPSA) is 58.2 Å². The molecule has 0 aliphatic rings. The molecule has 7 heteroatoms. The molecule has 1 aromatic carbocycles. The molecule has 0 saturated heterocycles. The maximum Gasteiger partial charge on any atom is 0.240 e. The van der Waals surface area contributed by atoms with Crippen LogP contribution in [0.25, 0.3) is 0 Å². The highest BCUT2D eigenvalue weighted by Crippen LogP contribution is 2.19. The Kier molecular flexibility index (Phi) is 7.65. The Morgan fingerprint density at radius 2 is 2.05 bits per heavy atom. The predicted molar refractivity (Wildman–Crippen MR) is 86.7 cm³/mol. The smallest absolute Gasteiger partial charge is 0.240 e. The first kappa shape index (κ1) is 18.4. The SMILES string of the molecule is CCNCc1cc(S(=O)(=O)NCCCSC)cc(C)c1F. The Hall–Kier alpha value is -0.630. The molecule has 0 aliphatic carbocycles. The molecule has 0 amide bonds. The third kappa shape index (κ3) is 5.58. The summed E-state index contributed by atoms with van der Waals surface area (Å²) in [6.45, 7) is 4.90. The van der Waals surface area contributed by atoms with Gasteiger partial charge in [0.2, 0.25) is 10.0 Å². The van der Waals surface area contributed by atoms with E-state index >= 15 is 0 Å². The number of rotatable bonds is 9. The van der Waals surface area contributed by atoms with E-state index in [1.807, 2.05) is 13.2 Å². The van der Waals surface area contributed by atoms with Crippen molar-refractivity contribution in [1.29, 1.82) is 0 Å². The molecule has 1 rings (SSSR count). The van der Waals surface area contributed by atoms with Crippen molar-refractivity contribution >= 4 is 21.8 Å². The van der Waals surface area contributed by atoms with Crippen LogP contribution in [0.2, 0.25) is 0 Å². The van der Waals surface area contributed by atoms with Gasteiger partial charge in [-0.25, -0.2) is 17.5 Å². The number of aryl methyl sites for hydroxylation is 1. The van der Waals surface area contributed by atoms with Gasteiger partial charge >= 0.3 is 0 Å². The molecule has 0 aliphatic heterocycles. The molecule has 0 fully saturated rings. The second-order valence-corrected chi connectivity index (χ2v) is 7.49.